The van der Waals surface area contributed by atoms with E-state index >= 15 is 0 Å². The van der Waals surface area contributed by atoms with Crippen LogP contribution in [0.1, 0.15) is 58.8 Å². The number of aliphatic hydroxyl groups excluding tert-OH is 1. The van der Waals surface area contributed by atoms with E-state index in [1.807, 2.05) is 13.8 Å². The molecule has 1 aliphatic rings. The minimum atomic E-state index is -0.235. The van der Waals surface area contributed by atoms with Gasteiger partial charge in [0.25, 0.3) is 0 Å². The summed E-state index contributed by atoms with van der Waals surface area (Å²) >= 11 is 0. The van der Waals surface area contributed by atoms with E-state index in [9.17, 15) is 0 Å². The van der Waals surface area contributed by atoms with Crippen molar-refractivity contribution in [3.05, 3.63) is 0 Å². The van der Waals surface area contributed by atoms with Crippen molar-refractivity contribution in [1.82, 2.24) is 4.90 Å². The molecule has 0 bridgehead atoms. The fraction of sp³-hybridized carbons (Fsp3) is 0.933. The molecule has 4 N–H and O–H groups in total. The van der Waals surface area contributed by atoms with Gasteiger partial charge in [0.15, 0.2) is 0 Å². The first-order valence-electron chi connectivity index (χ1n) is 7.84. The van der Waals surface area contributed by atoms with Gasteiger partial charge in [0.1, 0.15) is 5.84 Å². The van der Waals surface area contributed by atoms with Crippen molar-refractivity contribution in [3.63, 3.8) is 0 Å². The molecule has 1 aliphatic heterocycles. The van der Waals surface area contributed by atoms with Gasteiger partial charge in [-0.1, -0.05) is 31.8 Å². The standard InChI is InChI=1S/C15H31N3O2/c1-15(2,14(16)17-20)9-4-6-11-18-10-5-3-7-13(18)8-12-19/h13,19-20H,3-12H2,1-2H3,(H2,16,17). The Balaban J connectivity index is 2.29. The van der Waals surface area contributed by atoms with E-state index < -0.39 is 0 Å². The summed E-state index contributed by atoms with van der Waals surface area (Å²) in [5.41, 5.74) is 5.46. The number of nitrogens with two attached hydrogens (primary N) is 1. The highest BCUT2D eigenvalue weighted by Gasteiger charge is 2.24. The Kier molecular flexibility index (Phi) is 7.30. The Morgan fingerprint density at radius 2 is 2.10 bits per heavy atom. The Hall–Kier alpha value is -0.810. The van der Waals surface area contributed by atoms with Crippen LogP contribution in [0.5, 0.6) is 0 Å². The molecule has 1 unspecified atom stereocenters. The Morgan fingerprint density at radius 1 is 1.35 bits per heavy atom. The van der Waals surface area contributed by atoms with E-state index in [1.54, 1.807) is 0 Å². The number of hydrogen-bond acceptors (Lipinski definition) is 4. The van der Waals surface area contributed by atoms with Gasteiger partial charge in [0, 0.05) is 18.1 Å². The average Bonchev–Trinajstić information content (AvgIpc) is 2.44. The number of hydrogen-bond donors (Lipinski definition) is 3. The summed E-state index contributed by atoms with van der Waals surface area (Å²) in [6, 6.07) is 0.561. The van der Waals surface area contributed by atoms with Crippen LogP contribution in [0.3, 0.4) is 0 Å². The number of oxime groups is 1. The Bertz CT molecular complexity index is 303. The highest BCUT2D eigenvalue weighted by atomic mass is 16.4. The topological polar surface area (TPSA) is 82.1 Å². The van der Waals surface area contributed by atoms with Crippen molar-refractivity contribution >= 4 is 5.84 Å². The molecule has 1 atom stereocenters. The molecule has 1 fully saturated rings. The van der Waals surface area contributed by atoms with Crippen molar-refractivity contribution in [2.75, 3.05) is 19.7 Å². The lowest BCUT2D eigenvalue weighted by Crippen LogP contribution is -2.40. The van der Waals surface area contributed by atoms with Gasteiger partial charge in [-0.15, -0.1) is 0 Å². The summed E-state index contributed by atoms with van der Waals surface area (Å²) in [6.45, 7) is 6.57. The van der Waals surface area contributed by atoms with E-state index in [1.165, 1.54) is 19.3 Å². The van der Waals surface area contributed by atoms with E-state index in [0.29, 0.717) is 11.9 Å². The van der Waals surface area contributed by atoms with Gasteiger partial charge in [0.05, 0.1) is 0 Å². The van der Waals surface area contributed by atoms with Crippen LogP contribution in [-0.4, -0.2) is 46.8 Å². The maximum atomic E-state index is 9.13. The smallest absolute Gasteiger partial charge is 0.144 e. The molecule has 5 heteroatoms. The highest BCUT2D eigenvalue weighted by molar-refractivity contribution is 5.85. The van der Waals surface area contributed by atoms with E-state index in [0.717, 1.165) is 38.8 Å². The lowest BCUT2D eigenvalue weighted by atomic mass is 9.86. The van der Waals surface area contributed by atoms with Crippen molar-refractivity contribution < 1.29 is 10.3 Å². The van der Waals surface area contributed by atoms with Gasteiger partial charge in [-0.2, -0.15) is 0 Å². The normalized spacial score (nSPS) is 22.1. The van der Waals surface area contributed by atoms with Crippen LogP contribution in [-0.2, 0) is 0 Å². The number of likely N-dealkylation sites (tertiary alicyclic amines) is 1. The molecule has 118 valence electrons. The molecule has 1 saturated heterocycles. The second-order valence-electron chi connectivity index (χ2n) is 6.52. The third kappa shape index (κ3) is 5.29. The van der Waals surface area contributed by atoms with E-state index in [2.05, 4.69) is 10.1 Å². The zero-order valence-electron chi connectivity index (χ0n) is 13.0. The maximum Gasteiger partial charge on any atom is 0.144 e. The van der Waals surface area contributed by atoms with Crippen molar-refractivity contribution in [2.45, 2.75) is 64.8 Å². The molecule has 0 spiro atoms. The minimum absolute atomic E-state index is 0.235. The molecule has 0 aromatic heterocycles. The summed E-state index contributed by atoms with van der Waals surface area (Å²) in [5, 5.41) is 21.0. The SMILES string of the molecule is CC(C)(CCCCN1CCCCC1CCO)C(N)=NO. The molecular weight excluding hydrogens is 254 g/mol. The zero-order chi connectivity index (χ0) is 15.0. The Labute approximate surface area is 122 Å². The molecule has 0 aromatic carbocycles. The molecule has 1 heterocycles. The first kappa shape index (κ1) is 17.2. The quantitative estimate of drug-likeness (QED) is 0.210. The number of nitrogens with zero attached hydrogens (tertiary/aromatic N) is 2. The summed E-state index contributed by atoms with van der Waals surface area (Å²) in [4.78, 5) is 2.52. The molecule has 0 saturated carbocycles. The summed E-state index contributed by atoms with van der Waals surface area (Å²) in [5.74, 6) is 0.314. The zero-order valence-corrected chi connectivity index (χ0v) is 13.0. The van der Waals surface area contributed by atoms with Crippen molar-refractivity contribution in [1.29, 1.82) is 0 Å². The van der Waals surface area contributed by atoms with Gasteiger partial charge in [0.2, 0.25) is 0 Å². The monoisotopic (exact) mass is 285 g/mol. The van der Waals surface area contributed by atoms with Gasteiger partial charge in [-0.3, -0.25) is 0 Å². The van der Waals surface area contributed by atoms with Crippen LogP contribution in [0.4, 0.5) is 0 Å². The first-order valence-corrected chi connectivity index (χ1v) is 7.84. The third-order valence-electron chi connectivity index (χ3n) is 4.51. The first-order chi connectivity index (χ1) is 9.51. The molecule has 0 amide bonds. The molecule has 0 aliphatic carbocycles. The second kappa shape index (κ2) is 8.47. The van der Waals surface area contributed by atoms with Crippen LogP contribution in [0, 0.1) is 5.41 Å². The van der Waals surface area contributed by atoms with Crippen LogP contribution in [0.15, 0.2) is 5.16 Å². The minimum Gasteiger partial charge on any atom is -0.409 e. The van der Waals surface area contributed by atoms with Crippen molar-refractivity contribution in [3.8, 4) is 0 Å². The fourth-order valence-electron chi connectivity index (χ4n) is 2.98. The van der Waals surface area contributed by atoms with E-state index in [4.69, 9.17) is 16.0 Å². The molecule has 20 heavy (non-hydrogen) atoms. The highest BCUT2D eigenvalue weighted by Crippen LogP contribution is 2.25. The van der Waals surface area contributed by atoms with Crippen LogP contribution >= 0.6 is 0 Å². The maximum absolute atomic E-state index is 9.13. The van der Waals surface area contributed by atoms with Crippen molar-refractivity contribution in [2.24, 2.45) is 16.3 Å². The fourth-order valence-corrected chi connectivity index (χ4v) is 2.98. The number of piperidine rings is 1. The largest absolute Gasteiger partial charge is 0.409 e. The van der Waals surface area contributed by atoms with Crippen LogP contribution in [0.25, 0.3) is 0 Å². The molecule has 0 radical (unpaired) electrons. The third-order valence-corrected chi connectivity index (χ3v) is 4.51. The predicted octanol–water partition coefficient (Wildman–Crippen LogP) is 2.17. The summed E-state index contributed by atoms with van der Waals surface area (Å²) in [7, 11) is 0. The number of unbranched alkanes of at least 4 members (excludes halogenated alkanes) is 1. The molecule has 0 aromatic rings. The number of aliphatic hydroxyl groups is 1. The predicted molar refractivity (Wildman–Crippen MR) is 82.0 cm³/mol. The summed E-state index contributed by atoms with van der Waals surface area (Å²) in [6.07, 6.45) is 7.82. The van der Waals surface area contributed by atoms with Gasteiger partial charge < -0.3 is 20.9 Å². The van der Waals surface area contributed by atoms with Gasteiger partial charge in [-0.05, 0) is 45.2 Å². The lowest BCUT2D eigenvalue weighted by molar-refractivity contribution is 0.116. The summed E-state index contributed by atoms with van der Waals surface area (Å²) < 4.78 is 0. The number of amidine groups is 1. The van der Waals surface area contributed by atoms with Gasteiger partial charge in [-0.25, -0.2) is 0 Å². The van der Waals surface area contributed by atoms with Gasteiger partial charge >= 0.3 is 0 Å². The second-order valence-corrected chi connectivity index (χ2v) is 6.52. The van der Waals surface area contributed by atoms with Crippen LogP contribution in [0.2, 0.25) is 0 Å². The lowest BCUT2D eigenvalue weighted by Gasteiger charge is -2.35. The average molecular weight is 285 g/mol. The van der Waals surface area contributed by atoms with Crippen LogP contribution < -0.4 is 5.73 Å². The molecule has 1 rings (SSSR count). The Morgan fingerprint density at radius 3 is 2.75 bits per heavy atom. The molecule has 5 nitrogen and oxygen atoms in total. The number of rotatable bonds is 8. The molecular formula is C15H31N3O2. The van der Waals surface area contributed by atoms with E-state index in [-0.39, 0.29) is 12.0 Å².